The van der Waals surface area contributed by atoms with Crippen molar-refractivity contribution in [1.82, 2.24) is 15.3 Å². The fourth-order valence-corrected chi connectivity index (χ4v) is 2.47. The van der Waals surface area contributed by atoms with E-state index in [-0.39, 0.29) is 0 Å². The summed E-state index contributed by atoms with van der Waals surface area (Å²) in [5.41, 5.74) is 5.63. The van der Waals surface area contributed by atoms with Gasteiger partial charge in [-0.3, -0.25) is 5.43 Å². The average Bonchev–Trinajstić information content (AvgIpc) is 2.43. The van der Waals surface area contributed by atoms with Gasteiger partial charge < -0.3 is 14.7 Å². The molecule has 1 atom stereocenters. The van der Waals surface area contributed by atoms with Crippen molar-refractivity contribution < 1.29 is 9.84 Å². The highest BCUT2D eigenvalue weighted by Gasteiger charge is 2.14. The number of aliphatic hydroxyl groups excluding tert-OH is 1. The van der Waals surface area contributed by atoms with E-state index in [2.05, 4.69) is 28.4 Å². The molecule has 1 aliphatic heterocycles. The van der Waals surface area contributed by atoms with Crippen LogP contribution in [-0.2, 0) is 0 Å². The van der Waals surface area contributed by atoms with Crippen LogP contribution >= 0.6 is 0 Å². The Labute approximate surface area is 127 Å². The van der Waals surface area contributed by atoms with Crippen molar-refractivity contribution in [3.8, 4) is 5.75 Å². The minimum Gasteiger partial charge on any atom is -0.491 e. The first-order valence-corrected chi connectivity index (χ1v) is 7.59. The largest absolute Gasteiger partial charge is 0.491 e. The van der Waals surface area contributed by atoms with Crippen LogP contribution in [0.25, 0.3) is 0 Å². The van der Waals surface area contributed by atoms with Gasteiger partial charge in [-0.25, -0.2) is 5.01 Å². The van der Waals surface area contributed by atoms with Gasteiger partial charge >= 0.3 is 0 Å². The quantitative estimate of drug-likeness (QED) is 0.812. The predicted octanol–water partition coefficient (Wildman–Crippen LogP) is 0.795. The Morgan fingerprint density at radius 1 is 1.14 bits per heavy atom. The number of benzene rings is 1. The van der Waals surface area contributed by atoms with Crippen LogP contribution in [0.4, 0.5) is 0 Å². The van der Waals surface area contributed by atoms with Crippen molar-refractivity contribution in [2.24, 2.45) is 0 Å². The van der Waals surface area contributed by atoms with E-state index >= 15 is 0 Å². The topological polar surface area (TPSA) is 48.0 Å². The molecule has 1 aromatic carbocycles. The van der Waals surface area contributed by atoms with E-state index in [1.54, 1.807) is 0 Å². The summed E-state index contributed by atoms with van der Waals surface area (Å²) in [5, 5.41) is 12.2. The van der Waals surface area contributed by atoms with E-state index in [9.17, 15) is 5.11 Å². The van der Waals surface area contributed by atoms with Gasteiger partial charge in [0, 0.05) is 32.7 Å². The SMILES string of the molecule is Cc1cc(C)cc(OCC(O)CNN2CCN(C)CC2)c1. The van der Waals surface area contributed by atoms with E-state index < -0.39 is 6.10 Å². The molecule has 2 rings (SSSR count). The second-order valence-electron chi connectivity index (χ2n) is 5.94. The van der Waals surface area contributed by atoms with Crippen LogP contribution in [0.2, 0.25) is 0 Å². The minimum absolute atomic E-state index is 0.309. The molecule has 0 aromatic heterocycles. The Morgan fingerprint density at radius 2 is 1.76 bits per heavy atom. The summed E-state index contributed by atoms with van der Waals surface area (Å²) < 4.78 is 5.67. The van der Waals surface area contributed by atoms with Gasteiger partial charge in [-0.2, -0.15) is 0 Å². The highest BCUT2D eigenvalue weighted by molar-refractivity contribution is 5.32. The molecule has 1 unspecified atom stereocenters. The first-order chi connectivity index (χ1) is 10.0. The van der Waals surface area contributed by atoms with E-state index in [0.717, 1.165) is 31.9 Å². The molecule has 5 nitrogen and oxygen atoms in total. The maximum atomic E-state index is 10.0. The fraction of sp³-hybridized carbons (Fsp3) is 0.625. The highest BCUT2D eigenvalue weighted by Crippen LogP contribution is 2.16. The minimum atomic E-state index is -0.509. The zero-order valence-corrected chi connectivity index (χ0v) is 13.3. The number of hydrazine groups is 1. The number of rotatable bonds is 6. The molecule has 1 aromatic rings. The molecule has 0 radical (unpaired) electrons. The lowest BCUT2D eigenvalue weighted by molar-refractivity contribution is 0.0548. The van der Waals surface area contributed by atoms with E-state index in [1.807, 2.05) is 26.0 Å². The number of aryl methyl sites for hydroxylation is 2. The second kappa shape index (κ2) is 7.75. The fourth-order valence-electron chi connectivity index (χ4n) is 2.47. The molecule has 118 valence electrons. The third kappa shape index (κ3) is 5.63. The molecular formula is C16H27N3O2. The summed E-state index contributed by atoms with van der Waals surface area (Å²) in [6, 6.07) is 6.10. The van der Waals surface area contributed by atoms with Gasteiger partial charge in [-0.05, 0) is 44.2 Å². The molecule has 2 N–H and O–H groups in total. The molecule has 1 saturated heterocycles. The van der Waals surface area contributed by atoms with Crippen molar-refractivity contribution in [3.05, 3.63) is 29.3 Å². The lowest BCUT2D eigenvalue weighted by Gasteiger charge is -2.33. The molecule has 1 heterocycles. The first-order valence-electron chi connectivity index (χ1n) is 7.59. The molecule has 1 fully saturated rings. The van der Waals surface area contributed by atoms with Crippen LogP contribution in [0.5, 0.6) is 5.75 Å². The van der Waals surface area contributed by atoms with E-state index in [0.29, 0.717) is 13.2 Å². The van der Waals surface area contributed by atoms with Gasteiger partial charge in [0.1, 0.15) is 18.5 Å². The highest BCUT2D eigenvalue weighted by atomic mass is 16.5. The second-order valence-corrected chi connectivity index (χ2v) is 5.94. The standard InChI is InChI=1S/C16H27N3O2/c1-13-8-14(2)10-16(9-13)21-12-15(20)11-17-19-6-4-18(3)5-7-19/h8-10,15,17,20H,4-7,11-12H2,1-3H3. The van der Waals surface area contributed by atoms with Gasteiger partial charge in [0.15, 0.2) is 0 Å². The summed E-state index contributed by atoms with van der Waals surface area (Å²) in [5.74, 6) is 0.825. The van der Waals surface area contributed by atoms with Gasteiger partial charge in [-0.15, -0.1) is 0 Å². The van der Waals surface area contributed by atoms with Crippen LogP contribution in [-0.4, -0.2) is 67.5 Å². The van der Waals surface area contributed by atoms with Crippen molar-refractivity contribution in [2.45, 2.75) is 20.0 Å². The van der Waals surface area contributed by atoms with Crippen molar-refractivity contribution >= 4 is 0 Å². The summed E-state index contributed by atoms with van der Waals surface area (Å²) in [6.45, 7) is 9.02. The monoisotopic (exact) mass is 293 g/mol. The summed E-state index contributed by atoms with van der Waals surface area (Å²) >= 11 is 0. The van der Waals surface area contributed by atoms with Gasteiger partial charge in [0.2, 0.25) is 0 Å². The first kappa shape index (κ1) is 16.2. The Bertz CT molecular complexity index is 425. The van der Waals surface area contributed by atoms with E-state index in [1.165, 1.54) is 11.1 Å². The Balaban J connectivity index is 1.68. The molecular weight excluding hydrogens is 266 g/mol. The molecule has 5 heteroatoms. The Kier molecular flexibility index (Phi) is 5.99. The predicted molar refractivity (Wildman–Crippen MR) is 84.5 cm³/mol. The average molecular weight is 293 g/mol. The summed E-state index contributed by atoms with van der Waals surface area (Å²) in [6.07, 6.45) is -0.509. The zero-order chi connectivity index (χ0) is 15.2. The van der Waals surface area contributed by atoms with Crippen molar-refractivity contribution in [2.75, 3.05) is 46.4 Å². The summed E-state index contributed by atoms with van der Waals surface area (Å²) in [7, 11) is 2.13. The maximum absolute atomic E-state index is 10.0. The number of nitrogens with zero attached hydrogens (tertiary/aromatic N) is 2. The molecule has 0 aliphatic carbocycles. The number of likely N-dealkylation sites (N-methyl/N-ethyl adjacent to an activating group) is 1. The molecule has 0 bridgehead atoms. The van der Waals surface area contributed by atoms with Gasteiger partial charge in [-0.1, -0.05) is 6.07 Å². The van der Waals surface area contributed by atoms with Crippen LogP contribution in [0, 0.1) is 13.8 Å². The Hall–Kier alpha value is -1.14. The van der Waals surface area contributed by atoms with Crippen LogP contribution < -0.4 is 10.2 Å². The molecule has 1 aliphatic rings. The molecule has 0 saturated carbocycles. The summed E-state index contributed by atoms with van der Waals surface area (Å²) in [4.78, 5) is 2.30. The number of nitrogens with one attached hydrogen (secondary N) is 1. The molecule has 0 amide bonds. The molecule has 0 spiro atoms. The number of aliphatic hydroxyl groups is 1. The molecule has 21 heavy (non-hydrogen) atoms. The Morgan fingerprint density at radius 3 is 2.38 bits per heavy atom. The van der Waals surface area contributed by atoms with Crippen molar-refractivity contribution in [3.63, 3.8) is 0 Å². The zero-order valence-electron chi connectivity index (χ0n) is 13.3. The number of piperazine rings is 1. The third-order valence-corrected chi connectivity index (χ3v) is 3.69. The van der Waals surface area contributed by atoms with Crippen molar-refractivity contribution in [1.29, 1.82) is 0 Å². The third-order valence-electron chi connectivity index (χ3n) is 3.69. The lowest BCUT2D eigenvalue weighted by Crippen LogP contribution is -2.52. The smallest absolute Gasteiger partial charge is 0.119 e. The van der Waals surface area contributed by atoms with Crippen LogP contribution in [0.1, 0.15) is 11.1 Å². The van der Waals surface area contributed by atoms with Crippen LogP contribution in [0.3, 0.4) is 0 Å². The van der Waals surface area contributed by atoms with E-state index in [4.69, 9.17) is 4.74 Å². The normalized spacial score (nSPS) is 18.7. The lowest BCUT2D eigenvalue weighted by atomic mass is 10.1. The number of hydrogen-bond acceptors (Lipinski definition) is 5. The van der Waals surface area contributed by atoms with Gasteiger partial charge in [0.05, 0.1) is 0 Å². The van der Waals surface area contributed by atoms with Crippen LogP contribution in [0.15, 0.2) is 18.2 Å². The maximum Gasteiger partial charge on any atom is 0.119 e. The van der Waals surface area contributed by atoms with Gasteiger partial charge in [0.25, 0.3) is 0 Å². The number of hydrogen-bond donors (Lipinski definition) is 2. The number of ether oxygens (including phenoxy) is 1.